The summed E-state index contributed by atoms with van der Waals surface area (Å²) < 4.78 is 30.6. The Morgan fingerprint density at radius 3 is 1.92 bits per heavy atom. The molecular weight excluding hydrogens is 744 g/mol. The Bertz CT molecular complexity index is 2290. The third-order valence-corrected chi connectivity index (χ3v) is 12.5. The van der Waals surface area contributed by atoms with E-state index in [0.29, 0.717) is 18.0 Å². The van der Waals surface area contributed by atoms with Crippen LogP contribution in [0.2, 0.25) is 10.0 Å². The molecule has 4 aliphatic heterocycles. The van der Waals surface area contributed by atoms with E-state index >= 15 is 0 Å². The zero-order chi connectivity index (χ0) is 35.1. The molecule has 0 radical (unpaired) electrons. The molecule has 51 heavy (non-hydrogen) atoms. The van der Waals surface area contributed by atoms with E-state index in [2.05, 4.69) is 71.8 Å². The molecule has 0 amide bonds. The van der Waals surface area contributed by atoms with Crippen LogP contribution in [0.4, 0.5) is 22.7 Å². The molecule has 2 aromatic heterocycles. The molecule has 2 atom stereocenters. The fourth-order valence-electron chi connectivity index (χ4n) is 7.01. The molecule has 9 nitrogen and oxygen atoms in total. The van der Waals surface area contributed by atoms with Gasteiger partial charge in [0.05, 0.1) is 47.7 Å². The summed E-state index contributed by atoms with van der Waals surface area (Å²) in [6.07, 6.45) is 13.0. The van der Waals surface area contributed by atoms with E-state index in [1.165, 1.54) is 31.6 Å². The Labute approximate surface area is 315 Å². The largest absolute Gasteiger partial charge is 0.351 e. The van der Waals surface area contributed by atoms with Crippen LogP contribution in [0, 0.1) is 0 Å². The summed E-state index contributed by atoms with van der Waals surface area (Å²) in [6, 6.07) is 25.0. The average Bonchev–Trinajstić information content (AvgIpc) is 3.90. The first kappa shape index (κ1) is 34.2. The summed E-state index contributed by atoms with van der Waals surface area (Å²) in [5, 5.41) is 1.38. The zero-order valence-corrected chi connectivity index (χ0v) is 31.3. The summed E-state index contributed by atoms with van der Waals surface area (Å²) in [7, 11) is -3.55. The molecule has 0 aliphatic carbocycles. The Kier molecular flexibility index (Phi) is 9.55. The minimum absolute atomic E-state index is 0.252. The van der Waals surface area contributed by atoms with Crippen LogP contribution in [0.25, 0.3) is 0 Å². The van der Waals surface area contributed by atoms with Gasteiger partial charge < -0.3 is 19.4 Å². The van der Waals surface area contributed by atoms with Crippen molar-refractivity contribution < 1.29 is 12.6 Å². The molecule has 260 valence electrons. The Hall–Kier alpha value is -3.91. The van der Waals surface area contributed by atoms with E-state index in [-0.39, 0.29) is 6.04 Å². The first-order valence-electron chi connectivity index (χ1n) is 16.3. The molecule has 6 aromatic rings. The summed E-state index contributed by atoms with van der Waals surface area (Å²) in [6.45, 7) is 1.68. The zero-order valence-electron chi connectivity index (χ0n) is 27.3. The fraction of sp³-hybridized carbons (Fsp3) is 0.189. The van der Waals surface area contributed by atoms with Crippen molar-refractivity contribution in [2.45, 2.75) is 44.6 Å². The second kappa shape index (κ2) is 14.3. The van der Waals surface area contributed by atoms with Crippen molar-refractivity contribution >= 4 is 79.6 Å². The highest BCUT2D eigenvalue weighted by atomic mass is 35.5. The van der Waals surface area contributed by atoms with Crippen LogP contribution in [0.15, 0.2) is 130 Å². The second-order valence-electron chi connectivity index (χ2n) is 12.2. The Morgan fingerprint density at radius 1 is 0.765 bits per heavy atom. The quantitative estimate of drug-likeness (QED) is 0.176. The minimum atomic E-state index is -3.55. The van der Waals surface area contributed by atoms with E-state index in [1.807, 2.05) is 60.8 Å². The molecule has 0 bridgehead atoms. The van der Waals surface area contributed by atoms with Crippen molar-refractivity contribution in [3.8, 4) is 0 Å². The Balaban J connectivity index is 0.000000129. The average molecular weight is 776 g/mol. The Morgan fingerprint density at radius 2 is 1.37 bits per heavy atom. The van der Waals surface area contributed by atoms with Crippen LogP contribution >= 0.6 is 46.7 Å². The number of imidazole rings is 2. The lowest BCUT2D eigenvalue weighted by molar-refractivity contribution is 0.202. The fourth-order valence-corrected chi connectivity index (χ4v) is 10.4. The smallest absolute Gasteiger partial charge is 0.264 e. The normalized spacial score (nSPS) is 17.8. The number of H-pyrrole nitrogens is 1. The van der Waals surface area contributed by atoms with E-state index in [4.69, 9.17) is 27.4 Å². The molecule has 1 N–H and O–H groups in total. The summed E-state index contributed by atoms with van der Waals surface area (Å²) in [4.78, 5) is 20.1. The number of hydrogen-bond acceptors (Lipinski definition) is 9. The molecule has 2 unspecified atom stereocenters. The number of para-hydroxylation sites is 2. The molecule has 0 saturated carbocycles. The van der Waals surface area contributed by atoms with Crippen LogP contribution < -0.4 is 9.80 Å². The van der Waals surface area contributed by atoms with E-state index in [1.54, 1.807) is 30.5 Å². The predicted molar refractivity (Wildman–Crippen MR) is 205 cm³/mol. The maximum Gasteiger partial charge on any atom is 0.264 e. The third kappa shape index (κ3) is 6.76. The van der Waals surface area contributed by atoms with Crippen LogP contribution in [0.5, 0.6) is 0 Å². The molecule has 4 aliphatic rings. The number of anilines is 4. The number of aromatic amines is 1. The first-order valence-corrected chi connectivity index (χ1v) is 20.5. The van der Waals surface area contributed by atoms with Crippen molar-refractivity contribution in [1.29, 1.82) is 0 Å². The summed E-state index contributed by atoms with van der Waals surface area (Å²) >= 11 is 16.5. The maximum absolute atomic E-state index is 11.6. The lowest BCUT2D eigenvalue weighted by Gasteiger charge is -2.41. The van der Waals surface area contributed by atoms with E-state index < -0.39 is 16.2 Å². The van der Waals surface area contributed by atoms with Gasteiger partial charge in [-0.15, -0.1) is 0 Å². The number of nitrogens with zero attached hydrogens (tertiary/aromatic N) is 5. The molecule has 0 fully saturated rings. The highest BCUT2D eigenvalue weighted by Crippen LogP contribution is 2.56. The van der Waals surface area contributed by atoms with Crippen LogP contribution in [0.1, 0.15) is 36.1 Å². The number of rotatable bonds is 3. The third-order valence-electron chi connectivity index (χ3n) is 9.02. The van der Waals surface area contributed by atoms with Crippen molar-refractivity contribution in [3.63, 3.8) is 0 Å². The summed E-state index contributed by atoms with van der Waals surface area (Å²) in [5.74, 6) is 0. The lowest BCUT2D eigenvalue weighted by Crippen LogP contribution is -2.31. The molecule has 6 heterocycles. The predicted octanol–water partition coefficient (Wildman–Crippen LogP) is 9.91. The van der Waals surface area contributed by atoms with E-state index in [0.717, 1.165) is 46.1 Å². The molecule has 14 heteroatoms. The highest BCUT2D eigenvalue weighted by Gasteiger charge is 2.37. The van der Waals surface area contributed by atoms with Gasteiger partial charge in [0.15, 0.2) is 0 Å². The molecule has 0 spiro atoms. The van der Waals surface area contributed by atoms with Gasteiger partial charge in [-0.2, -0.15) is 8.42 Å². The second-order valence-corrected chi connectivity index (χ2v) is 16.8. The van der Waals surface area contributed by atoms with E-state index in [9.17, 15) is 8.42 Å². The number of benzene rings is 4. The minimum Gasteiger partial charge on any atom is -0.351 e. The first-order chi connectivity index (χ1) is 24.8. The van der Waals surface area contributed by atoms with Crippen molar-refractivity contribution in [2.24, 2.45) is 0 Å². The molecule has 4 aromatic carbocycles. The highest BCUT2D eigenvalue weighted by molar-refractivity contribution is 8.00. The molecule has 0 saturated heterocycles. The van der Waals surface area contributed by atoms with Gasteiger partial charge in [0, 0.05) is 78.6 Å². The van der Waals surface area contributed by atoms with Gasteiger partial charge in [0.1, 0.15) is 6.10 Å². The standard InChI is InChI=1S/C18H14ClN3S.C16H14ClNO3S2.C3H4N2/c19-12-5-6-16-18-17(12)14(21-10-8-20-11-21)7-9-22(18)13-3-1-2-4-15(13)23-16;1-23(19,20)21-12-8-9-18-11-4-2-3-5-13(11)22-14-7-6-10(17)15(12)16(14)18;1-2-5-3-4-1/h1-6,8,10-11,14H,7,9H2;2-7,12H,8-9H2,1H3;1-3H,(H,4,5). The topological polar surface area (TPSA) is 96.4 Å². The molecular formula is C37H32Cl2N6O3S3. The monoisotopic (exact) mass is 774 g/mol. The number of aromatic nitrogens is 4. The molecule has 10 rings (SSSR count). The van der Waals surface area contributed by atoms with Gasteiger partial charge in [-0.1, -0.05) is 71.0 Å². The maximum atomic E-state index is 11.6. The van der Waals surface area contributed by atoms with Crippen LogP contribution in [-0.4, -0.2) is 47.3 Å². The van der Waals surface area contributed by atoms with Crippen molar-refractivity contribution in [3.05, 3.63) is 131 Å². The van der Waals surface area contributed by atoms with Crippen LogP contribution in [0.3, 0.4) is 0 Å². The lowest BCUT2D eigenvalue weighted by atomic mass is 9.95. The number of fused-ring (bicyclic) bond motifs is 4. The van der Waals surface area contributed by atoms with Crippen LogP contribution in [-0.2, 0) is 14.3 Å². The van der Waals surface area contributed by atoms with Gasteiger partial charge in [0.25, 0.3) is 10.1 Å². The summed E-state index contributed by atoms with van der Waals surface area (Å²) in [5.41, 5.74) is 6.65. The van der Waals surface area contributed by atoms with Gasteiger partial charge >= 0.3 is 0 Å². The SMILES string of the molecule is CS(=O)(=O)OC1CCN2c3ccccc3Sc3ccc(Cl)c1c32.Clc1ccc2c3c1C(n1ccnc1)CCN3c1ccccc1S2.c1c[nH]cn1. The van der Waals surface area contributed by atoms with Crippen molar-refractivity contribution in [1.82, 2.24) is 19.5 Å². The number of hydrogen-bond donors (Lipinski definition) is 1. The van der Waals surface area contributed by atoms with Crippen molar-refractivity contribution in [2.75, 3.05) is 29.1 Å². The van der Waals surface area contributed by atoms with Gasteiger partial charge in [0.2, 0.25) is 0 Å². The van der Waals surface area contributed by atoms with Gasteiger partial charge in [-0.25, -0.2) is 9.97 Å². The number of halogens is 2. The van der Waals surface area contributed by atoms with Gasteiger partial charge in [-0.05, 0) is 61.4 Å². The van der Waals surface area contributed by atoms with Gasteiger partial charge in [-0.3, -0.25) is 4.18 Å². The number of nitrogens with one attached hydrogen (secondary N) is 1.